The average Bonchev–Trinajstić information content (AvgIpc) is 2.29. The van der Waals surface area contributed by atoms with E-state index in [4.69, 9.17) is 0 Å². The fourth-order valence-corrected chi connectivity index (χ4v) is 1.92. The second kappa shape index (κ2) is 4.50. The van der Waals surface area contributed by atoms with Gasteiger partial charge in [-0.3, -0.25) is 9.78 Å². The van der Waals surface area contributed by atoms with Crippen molar-refractivity contribution >= 4 is 5.78 Å². The molecule has 0 amide bonds. The normalized spacial score (nSPS) is 10.3. The molecular formula is C15H15NO. The smallest absolute Gasteiger partial charge is 0.161 e. The van der Waals surface area contributed by atoms with E-state index in [9.17, 15) is 4.79 Å². The highest BCUT2D eigenvalue weighted by atomic mass is 16.1. The van der Waals surface area contributed by atoms with Crippen molar-refractivity contribution in [1.29, 1.82) is 0 Å². The van der Waals surface area contributed by atoms with E-state index in [-0.39, 0.29) is 5.78 Å². The summed E-state index contributed by atoms with van der Waals surface area (Å²) in [6.07, 6.45) is 3.40. The predicted octanol–water partition coefficient (Wildman–Crippen LogP) is 3.57. The van der Waals surface area contributed by atoms with Gasteiger partial charge in [0, 0.05) is 23.5 Å². The first-order valence-corrected chi connectivity index (χ1v) is 5.61. The maximum Gasteiger partial charge on any atom is 0.161 e. The Hall–Kier alpha value is -1.96. The van der Waals surface area contributed by atoms with E-state index in [2.05, 4.69) is 37.0 Å². The predicted molar refractivity (Wildman–Crippen MR) is 69.2 cm³/mol. The van der Waals surface area contributed by atoms with Crippen LogP contribution in [0.1, 0.15) is 28.4 Å². The highest BCUT2D eigenvalue weighted by Crippen LogP contribution is 2.24. The molecule has 2 heteroatoms. The molecule has 0 aliphatic rings. The lowest BCUT2D eigenvalue weighted by Gasteiger charge is -2.07. The Labute approximate surface area is 101 Å². The van der Waals surface area contributed by atoms with Gasteiger partial charge in [0.15, 0.2) is 5.78 Å². The molecule has 0 bridgehead atoms. The SMILES string of the molecule is CC(=O)c1cncc(-c2ccc(C)cc2C)c1. The van der Waals surface area contributed by atoms with Crippen molar-refractivity contribution in [3.05, 3.63) is 53.3 Å². The van der Waals surface area contributed by atoms with Crippen molar-refractivity contribution in [2.45, 2.75) is 20.8 Å². The van der Waals surface area contributed by atoms with E-state index in [1.165, 1.54) is 11.1 Å². The van der Waals surface area contributed by atoms with Gasteiger partial charge in [0.25, 0.3) is 0 Å². The minimum atomic E-state index is 0.0455. The number of ketones is 1. The molecule has 0 aliphatic heterocycles. The van der Waals surface area contributed by atoms with E-state index in [0.717, 1.165) is 11.1 Å². The second-order valence-corrected chi connectivity index (χ2v) is 4.34. The highest BCUT2D eigenvalue weighted by Gasteiger charge is 2.05. The number of aryl methyl sites for hydroxylation is 2. The molecule has 0 saturated carbocycles. The van der Waals surface area contributed by atoms with Gasteiger partial charge in [-0.2, -0.15) is 0 Å². The lowest BCUT2D eigenvalue weighted by molar-refractivity contribution is 0.101. The molecule has 1 heterocycles. The molecule has 1 aromatic carbocycles. The minimum absolute atomic E-state index is 0.0455. The summed E-state index contributed by atoms with van der Waals surface area (Å²) >= 11 is 0. The van der Waals surface area contributed by atoms with Gasteiger partial charge in [0.2, 0.25) is 0 Å². The number of hydrogen-bond donors (Lipinski definition) is 0. The van der Waals surface area contributed by atoms with E-state index >= 15 is 0 Å². The molecule has 0 radical (unpaired) electrons. The van der Waals surface area contributed by atoms with Gasteiger partial charge < -0.3 is 0 Å². The Kier molecular flexibility index (Phi) is 3.05. The van der Waals surface area contributed by atoms with Gasteiger partial charge in [-0.05, 0) is 38.0 Å². The van der Waals surface area contributed by atoms with Crippen molar-refractivity contribution in [2.75, 3.05) is 0 Å². The summed E-state index contributed by atoms with van der Waals surface area (Å²) in [4.78, 5) is 15.5. The van der Waals surface area contributed by atoms with Crippen LogP contribution in [0, 0.1) is 13.8 Å². The minimum Gasteiger partial charge on any atom is -0.294 e. The fourth-order valence-electron chi connectivity index (χ4n) is 1.92. The van der Waals surface area contributed by atoms with E-state index in [1.807, 2.05) is 6.07 Å². The highest BCUT2D eigenvalue weighted by molar-refractivity contribution is 5.94. The summed E-state index contributed by atoms with van der Waals surface area (Å²) in [6.45, 7) is 5.70. The average molecular weight is 225 g/mol. The molecular weight excluding hydrogens is 210 g/mol. The number of rotatable bonds is 2. The van der Waals surface area contributed by atoms with Crippen LogP contribution in [-0.4, -0.2) is 10.8 Å². The summed E-state index contributed by atoms with van der Waals surface area (Å²) in [6, 6.07) is 8.18. The third-order valence-electron chi connectivity index (χ3n) is 2.84. The molecule has 0 N–H and O–H groups in total. The second-order valence-electron chi connectivity index (χ2n) is 4.34. The van der Waals surface area contributed by atoms with Crippen molar-refractivity contribution in [2.24, 2.45) is 0 Å². The number of Topliss-reactive ketones (excluding diaryl/α,β-unsaturated/α-hetero) is 1. The molecule has 86 valence electrons. The number of benzene rings is 1. The van der Waals surface area contributed by atoms with Gasteiger partial charge in [-0.1, -0.05) is 23.8 Å². The first-order chi connectivity index (χ1) is 8.08. The van der Waals surface area contributed by atoms with Gasteiger partial charge in [-0.15, -0.1) is 0 Å². The molecule has 0 fully saturated rings. The molecule has 2 rings (SSSR count). The molecule has 1 aromatic heterocycles. The summed E-state index contributed by atoms with van der Waals surface area (Å²) < 4.78 is 0. The largest absolute Gasteiger partial charge is 0.294 e. The first kappa shape index (κ1) is 11.5. The Balaban J connectivity index is 2.53. The van der Waals surface area contributed by atoms with Gasteiger partial charge in [0.05, 0.1) is 0 Å². The number of carbonyl (C=O) groups excluding carboxylic acids is 1. The van der Waals surface area contributed by atoms with Crippen LogP contribution >= 0.6 is 0 Å². The number of carbonyl (C=O) groups is 1. The number of hydrogen-bond acceptors (Lipinski definition) is 2. The molecule has 0 aliphatic carbocycles. The zero-order chi connectivity index (χ0) is 12.4. The maximum atomic E-state index is 11.3. The van der Waals surface area contributed by atoms with E-state index < -0.39 is 0 Å². The number of aromatic nitrogens is 1. The number of pyridine rings is 1. The van der Waals surface area contributed by atoms with Crippen molar-refractivity contribution < 1.29 is 4.79 Å². The topological polar surface area (TPSA) is 30.0 Å². The molecule has 2 aromatic rings. The third-order valence-corrected chi connectivity index (χ3v) is 2.84. The molecule has 2 nitrogen and oxygen atoms in total. The van der Waals surface area contributed by atoms with Crippen LogP contribution in [0.3, 0.4) is 0 Å². The third kappa shape index (κ3) is 2.41. The standard InChI is InChI=1S/C15H15NO/c1-10-4-5-15(11(2)6-10)14-7-13(12(3)17)8-16-9-14/h4-9H,1-3H3. The fraction of sp³-hybridized carbons (Fsp3) is 0.200. The van der Waals surface area contributed by atoms with Crippen LogP contribution in [-0.2, 0) is 0 Å². The Morgan fingerprint density at radius 3 is 2.53 bits per heavy atom. The van der Waals surface area contributed by atoms with Gasteiger partial charge >= 0.3 is 0 Å². The quantitative estimate of drug-likeness (QED) is 0.731. The van der Waals surface area contributed by atoms with Crippen LogP contribution in [0.25, 0.3) is 11.1 Å². The van der Waals surface area contributed by atoms with Crippen LogP contribution < -0.4 is 0 Å². The number of nitrogens with zero attached hydrogens (tertiary/aromatic N) is 1. The van der Waals surface area contributed by atoms with Crippen LogP contribution in [0.4, 0.5) is 0 Å². The summed E-state index contributed by atoms with van der Waals surface area (Å²) in [5.41, 5.74) is 5.22. The van der Waals surface area contributed by atoms with E-state index in [1.54, 1.807) is 19.3 Å². The van der Waals surface area contributed by atoms with Crippen LogP contribution in [0.5, 0.6) is 0 Å². The van der Waals surface area contributed by atoms with Gasteiger partial charge in [-0.25, -0.2) is 0 Å². The van der Waals surface area contributed by atoms with E-state index in [0.29, 0.717) is 5.56 Å². The summed E-state index contributed by atoms with van der Waals surface area (Å²) in [7, 11) is 0. The summed E-state index contributed by atoms with van der Waals surface area (Å²) in [5.74, 6) is 0.0455. The zero-order valence-electron chi connectivity index (χ0n) is 10.3. The Morgan fingerprint density at radius 1 is 1.12 bits per heavy atom. The lowest BCUT2D eigenvalue weighted by Crippen LogP contribution is -1.94. The monoisotopic (exact) mass is 225 g/mol. The summed E-state index contributed by atoms with van der Waals surface area (Å²) in [5, 5.41) is 0. The van der Waals surface area contributed by atoms with Crippen LogP contribution in [0.2, 0.25) is 0 Å². The molecule has 0 atom stereocenters. The van der Waals surface area contributed by atoms with Gasteiger partial charge in [0.1, 0.15) is 0 Å². The molecule has 0 unspecified atom stereocenters. The van der Waals surface area contributed by atoms with Crippen molar-refractivity contribution in [3.63, 3.8) is 0 Å². The Morgan fingerprint density at radius 2 is 1.88 bits per heavy atom. The molecule has 0 spiro atoms. The first-order valence-electron chi connectivity index (χ1n) is 5.61. The Bertz CT molecular complexity index is 573. The zero-order valence-corrected chi connectivity index (χ0v) is 10.3. The molecule has 17 heavy (non-hydrogen) atoms. The maximum absolute atomic E-state index is 11.3. The van der Waals surface area contributed by atoms with Crippen molar-refractivity contribution in [3.8, 4) is 11.1 Å². The lowest BCUT2D eigenvalue weighted by atomic mass is 9.99. The molecule has 0 saturated heterocycles. The van der Waals surface area contributed by atoms with Crippen LogP contribution in [0.15, 0.2) is 36.7 Å². The van der Waals surface area contributed by atoms with Crippen molar-refractivity contribution in [1.82, 2.24) is 4.98 Å².